The normalized spacial score (nSPS) is 19.9. The van der Waals surface area contributed by atoms with E-state index in [4.69, 9.17) is 4.98 Å². The first-order valence-electron chi connectivity index (χ1n) is 13.9. The van der Waals surface area contributed by atoms with Crippen LogP contribution < -0.4 is 5.32 Å². The Morgan fingerprint density at radius 2 is 1.74 bits per heavy atom. The number of aromatic nitrogens is 3. The molecule has 6 nitrogen and oxygen atoms in total. The van der Waals surface area contributed by atoms with Crippen molar-refractivity contribution in [1.29, 1.82) is 0 Å². The molecule has 0 radical (unpaired) electrons. The molecule has 3 heterocycles. The zero-order chi connectivity index (χ0) is 27.2. The molecule has 1 N–H and O–H groups in total. The average Bonchev–Trinajstić information content (AvgIpc) is 3.21. The van der Waals surface area contributed by atoms with E-state index in [2.05, 4.69) is 117 Å². The fourth-order valence-electron chi connectivity index (χ4n) is 5.98. The number of benzene rings is 1. The van der Waals surface area contributed by atoms with Crippen LogP contribution in [0.1, 0.15) is 87.3 Å². The molecule has 1 aromatic carbocycles. The van der Waals surface area contributed by atoms with E-state index in [1.807, 2.05) is 18.7 Å². The van der Waals surface area contributed by atoms with Crippen LogP contribution in [0.3, 0.4) is 0 Å². The third kappa shape index (κ3) is 5.35. The standard InChI is InChI=1S/C32H44N6/c1-22-11-12-24-25(18-22)26(29(35-31(2,3)4)27-20-33-21-36(27)8)19-23-10-9-13-34-28(23)30(24)37-14-16-38(17-15-37)32(5,6)7/h9-13,18-21,29-30,35H,14-17H2,1-8H3/t29-,30+/m1/s1. The summed E-state index contributed by atoms with van der Waals surface area (Å²) in [6, 6.07) is 11.4. The van der Waals surface area contributed by atoms with Crippen molar-refractivity contribution in [3.63, 3.8) is 0 Å². The van der Waals surface area contributed by atoms with Gasteiger partial charge in [0.05, 0.1) is 36.0 Å². The summed E-state index contributed by atoms with van der Waals surface area (Å²) in [6.07, 6.45) is 8.23. The lowest BCUT2D eigenvalue weighted by Gasteiger charge is -2.45. The summed E-state index contributed by atoms with van der Waals surface area (Å²) >= 11 is 0. The van der Waals surface area contributed by atoms with Crippen molar-refractivity contribution in [1.82, 2.24) is 29.7 Å². The van der Waals surface area contributed by atoms with Gasteiger partial charge >= 0.3 is 0 Å². The monoisotopic (exact) mass is 512 g/mol. The van der Waals surface area contributed by atoms with Gasteiger partial charge in [0, 0.05) is 50.5 Å². The van der Waals surface area contributed by atoms with Gasteiger partial charge in [-0.2, -0.15) is 0 Å². The Bertz CT molecular complexity index is 1310. The Balaban J connectivity index is 1.67. The van der Waals surface area contributed by atoms with Crippen molar-refractivity contribution in [2.24, 2.45) is 7.05 Å². The van der Waals surface area contributed by atoms with Crippen LogP contribution in [0.25, 0.3) is 11.6 Å². The number of pyridine rings is 1. The molecule has 0 saturated carbocycles. The maximum absolute atomic E-state index is 5.04. The average molecular weight is 513 g/mol. The lowest BCUT2D eigenvalue weighted by molar-refractivity contribution is 0.0486. The number of fused-ring (bicyclic) bond motifs is 2. The van der Waals surface area contributed by atoms with Crippen molar-refractivity contribution < 1.29 is 0 Å². The summed E-state index contributed by atoms with van der Waals surface area (Å²) in [4.78, 5) is 14.8. The van der Waals surface area contributed by atoms with Gasteiger partial charge < -0.3 is 9.88 Å². The zero-order valence-corrected chi connectivity index (χ0v) is 24.4. The van der Waals surface area contributed by atoms with Gasteiger partial charge in [0.1, 0.15) is 0 Å². The summed E-state index contributed by atoms with van der Waals surface area (Å²) in [7, 11) is 2.08. The molecule has 2 aromatic heterocycles. The van der Waals surface area contributed by atoms with E-state index in [-0.39, 0.29) is 23.2 Å². The number of imidazole rings is 1. The fraction of sp³-hybridized carbons (Fsp3) is 0.500. The van der Waals surface area contributed by atoms with Crippen molar-refractivity contribution in [2.75, 3.05) is 26.2 Å². The SMILES string of the molecule is Cc1ccc2c(c1)C([C@@H](NC(C)(C)C)c1cncn1C)=Cc1cccnc1[C@H]2N1CCN(C(C)(C)C)CC1. The first-order chi connectivity index (χ1) is 17.9. The highest BCUT2D eigenvalue weighted by Gasteiger charge is 2.36. The second-order valence-electron chi connectivity index (χ2n) is 13.0. The van der Waals surface area contributed by atoms with Crippen LogP contribution in [0.2, 0.25) is 0 Å². The summed E-state index contributed by atoms with van der Waals surface area (Å²) < 4.78 is 2.14. The Labute approximate surface area is 228 Å². The van der Waals surface area contributed by atoms with Gasteiger partial charge in [-0.05, 0) is 82.9 Å². The molecule has 2 aliphatic rings. The van der Waals surface area contributed by atoms with Crippen LogP contribution >= 0.6 is 0 Å². The van der Waals surface area contributed by atoms with E-state index in [0.717, 1.165) is 37.6 Å². The van der Waals surface area contributed by atoms with E-state index in [1.165, 1.54) is 27.8 Å². The number of rotatable bonds is 4. The molecule has 1 aliphatic heterocycles. The summed E-state index contributed by atoms with van der Waals surface area (Å²) in [5.74, 6) is 0. The Morgan fingerprint density at radius 3 is 2.37 bits per heavy atom. The predicted octanol–water partition coefficient (Wildman–Crippen LogP) is 5.61. The molecule has 0 unspecified atom stereocenters. The Morgan fingerprint density at radius 1 is 1.00 bits per heavy atom. The minimum atomic E-state index is -0.0908. The van der Waals surface area contributed by atoms with Crippen LogP contribution in [0, 0.1) is 6.92 Å². The molecule has 1 aliphatic carbocycles. The topological polar surface area (TPSA) is 49.2 Å². The molecule has 0 spiro atoms. The molecule has 1 saturated heterocycles. The molecular weight excluding hydrogens is 468 g/mol. The van der Waals surface area contributed by atoms with E-state index < -0.39 is 0 Å². The van der Waals surface area contributed by atoms with Gasteiger partial charge in [0.2, 0.25) is 0 Å². The largest absolute Gasteiger partial charge is 0.336 e. The quantitative estimate of drug-likeness (QED) is 0.492. The van der Waals surface area contributed by atoms with Gasteiger partial charge in [0.25, 0.3) is 0 Å². The molecule has 6 heteroatoms. The first kappa shape index (κ1) is 26.8. The van der Waals surface area contributed by atoms with Crippen LogP contribution in [-0.2, 0) is 7.05 Å². The molecule has 2 atom stereocenters. The van der Waals surface area contributed by atoms with Gasteiger partial charge in [-0.25, -0.2) is 4.98 Å². The highest BCUT2D eigenvalue weighted by Crippen LogP contribution is 2.44. The van der Waals surface area contributed by atoms with E-state index >= 15 is 0 Å². The van der Waals surface area contributed by atoms with Crippen LogP contribution in [0.5, 0.6) is 0 Å². The second kappa shape index (κ2) is 10.1. The van der Waals surface area contributed by atoms with Crippen LogP contribution in [0.15, 0.2) is 49.1 Å². The van der Waals surface area contributed by atoms with E-state index in [0.29, 0.717) is 0 Å². The van der Waals surface area contributed by atoms with Crippen molar-refractivity contribution in [3.8, 4) is 0 Å². The lowest BCUT2D eigenvalue weighted by Crippen LogP contribution is -2.54. The summed E-state index contributed by atoms with van der Waals surface area (Å²) in [6.45, 7) is 20.0. The lowest BCUT2D eigenvalue weighted by atomic mass is 9.87. The second-order valence-corrected chi connectivity index (χ2v) is 13.0. The molecule has 0 amide bonds. The molecule has 1 fully saturated rings. The number of aryl methyl sites for hydroxylation is 2. The van der Waals surface area contributed by atoms with Crippen molar-refractivity contribution in [3.05, 3.63) is 82.7 Å². The summed E-state index contributed by atoms with van der Waals surface area (Å²) in [5, 5.41) is 3.94. The Kier molecular flexibility index (Phi) is 7.10. The predicted molar refractivity (Wildman–Crippen MR) is 157 cm³/mol. The number of nitrogens with one attached hydrogen (secondary N) is 1. The molecule has 38 heavy (non-hydrogen) atoms. The number of hydrogen-bond donors (Lipinski definition) is 1. The molecule has 3 aromatic rings. The third-order valence-electron chi connectivity index (χ3n) is 7.92. The molecular formula is C32H44N6. The van der Waals surface area contributed by atoms with E-state index in [9.17, 15) is 0 Å². The molecule has 5 rings (SSSR count). The first-order valence-corrected chi connectivity index (χ1v) is 13.9. The minimum absolute atomic E-state index is 0.0207. The van der Waals surface area contributed by atoms with Gasteiger partial charge in [-0.1, -0.05) is 29.8 Å². The highest BCUT2D eigenvalue weighted by atomic mass is 15.3. The molecule has 0 bridgehead atoms. The summed E-state index contributed by atoms with van der Waals surface area (Å²) in [5.41, 5.74) is 8.77. The van der Waals surface area contributed by atoms with Crippen molar-refractivity contribution >= 4 is 11.6 Å². The van der Waals surface area contributed by atoms with E-state index in [1.54, 1.807) is 0 Å². The third-order valence-corrected chi connectivity index (χ3v) is 7.92. The maximum atomic E-state index is 5.04. The number of nitrogens with zero attached hydrogens (tertiary/aromatic N) is 5. The Hall–Kier alpha value is -2.80. The maximum Gasteiger partial charge on any atom is 0.0946 e. The van der Waals surface area contributed by atoms with Gasteiger partial charge in [0.15, 0.2) is 0 Å². The smallest absolute Gasteiger partial charge is 0.0946 e. The van der Waals surface area contributed by atoms with Gasteiger partial charge in [-0.3, -0.25) is 14.8 Å². The van der Waals surface area contributed by atoms with Crippen LogP contribution in [0.4, 0.5) is 0 Å². The highest BCUT2D eigenvalue weighted by molar-refractivity contribution is 5.89. The molecule has 202 valence electrons. The van der Waals surface area contributed by atoms with Crippen molar-refractivity contribution in [2.45, 2.75) is 71.6 Å². The fourth-order valence-corrected chi connectivity index (χ4v) is 5.98. The van der Waals surface area contributed by atoms with Crippen LogP contribution in [-0.4, -0.2) is 61.6 Å². The number of piperazine rings is 1. The minimum Gasteiger partial charge on any atom is -0.336 e. The zero-order valence-electron chi connectivity index (χ0n) is 24.4. The van der Waals surface area contributed by atoms with Gasteiger partial charge in [-0.15, -0.1) is 0 Å². The number of hydrogen-bond acceptors (Lipinski definition) is 5.